The Morgan fingerprint density at radius 3 is 2.12 bits per heavy atom. The summed E-state index contributed by atoms with van der Waals surface area (Å²) in [5.74, 6) is -2.25. The summed E-state index contributed by atoms with van der Waals surface area (Å²) in [5, 5.41) is 0. The number of ether oxygens (including phenoxy) is 1. The zero-order valence-corrected chi connectivity index (χ0v) is 14.2. The highest BCUT2D eigenvalue weighted by molar-refractivity contribution is 7.91. The highest BCUT2D eigenvalue weighted by atomic mass is 32.2. The Balaban J connectivity index is 2.26. The summed E-state index contributed by atoms with van der Waals surface area (Å²) in [4.78, 5) is 8.13. The van der Waals surface area contributed by atoms with E-state index in [0.29, 0.717) is 24.1 Å². The van der Waals surface area contributed by atoms with E-state index in [9.17, 15) is 17.2 Å². The lowest BCUT2D eigenvalue weighted by molar-refractivity contribution is 0.311. The van der Waals surface area contributed by atoms with Gasteiger partial charge in [-0.15, -0.1) is 0 Å². The SMILES string of the molecule is CCOc1nc(C)c(NS(=O)(=O)Cc2cc(F)cc(F)c2)c(C)n1. The number of hydrogen-bond donors (Lipinski definition) is 1. The fourth-order valence-corrected chi connectivity index (χ4v) is 3.42. The van der Waals surface area contributed by atoms with Crippen LogP contribution in [0, 0.1) is 25.5 Å². The van der Waals surface area contributed by atoms with Crippen LogP contribution in [-0.4, -0.2) is 25.0 Å². The summed E-state index contributed by atoms with van der Waals surface area (Å²) in [6, 6.07) is 2.77. The Labute approximate surface area is 139 Å². The number of nitrogens with zero attached hydrogens (tertiary/aromatic N) is 2. The van der Waals surface area contributed by atoms with Gasteiger partial charge in [0.25, 0.3) is 0 Å². The van der Waals surface area contributed by atoms with Crippen molar-refractivity contribution in [2.24, 2.45) is 0 Å². The summed E-state index contributed by atoms with van der Waals surface area (Å²) >= 11 is 0. The molecule has 0 aliphatic rings. The molecular formula is C15H17F2N3O3S. The van der Waals surface area contributed by atoms with Crippen LogP contribution in [0.15, 0.2) is 18.2 Å². The molecule has 0 aliphatic heterocycles. The standard InChI is InChI=1S/C15H17F2N3O3S/c1-4-23-15-18-9(2)14(10(3)19-15)20-24(21,22)8-11-5-12(16)7-13(17)6-11/h5-7,20H,4,8H2,1-3H3. The van der Waals surface area contributed by atoms with Crippen LogP contribution in [0.1, 0.15) is 23.9 Å². The molecule has 1 heterocycles. The molecule has 1 aromatic carbocycles. The number of benzene rings is 1. The monoisotopic (exact) mass is 357 g/mol. The lowest BCUT2D eigenvalue weighted by Gasteiger charge is -2.13. The molecule has 0 aliphatic carbocycles. The fourth-order valence-electron chi connectivity index (χ4n) is 2.13. The van der Waals surface area contributed by atoms with Crippen LogP contribution in [0.2, 0.25) is 0 Å². The number of anilines is 1. The van der Waals surface area contributed by atoms with E-state index in [0.717, 1.165) is 12.1 Å². The van der Waals surface area contributed by atoms with E-state index in [1.165, 1.54) is 0 Å². The molecule has 1 aromatic heterocycles. The van der Waals surface area contributed by atoms with Crippen LogP contribution in [0.25, 0.3) is 0 Å². The zero-order chi connectivity index (χ0) is 17.9. The Hall–Kier alpha value is -2.29. The summed E-state index contributed by atoms with van der Waals surface area (Å²) in [5.41, 5.74) is 0.998. The van der Waals surface area contributed by atoms with Gasteiger partial charge in [-0.25, -0.2) is 17.2 Å². The van der Waals surface area contributed by atoms with Gasteiger partial charge in [-0.3, -0.25) is 4.72 Å². The van der Waals surface area contributed by atoms with E-state index in [-0.39, 0.29) is 17.3 Å². The van der Waals surface area contributed by atoms with Crippen LogP contribution in [0.4, 0.5) is 14.5 Å². The van der Waals surface area contributed by atoms with Crippen LogP contribution >= 0.6 is 0 Å². The van der Waals surface area contributed by atoms with Crippen molar-refractivity contribution in [1.82, 2.24) is 9.97 Å². The third-order valence-electron chi connectivity index (χ3n) is 3.06. The maximum absolute atomic E-state index is 13.2. The number of sulfonamides is 1. The van der Waals surface area contributed by atoms with Gasteiger partial charge in [-0.2, -0.15) is 9.97 Å². The quantitative estimate of drug-likeness (QED) is 0.860. The molecule has 0 radical (unpaired) electrons. The average Bonchev–Trinajstić information content (AvgIpc) is 2.41. The summed E-state index contributed by atoms with van der Waals surface area (Å²) in [6.07, 6.45) is 0. The second kappa shape index (κ2) is 7.08. The largest absolute Gasteiger partial charge is 0.464 e. The van der Waals surface area contributed by atoms with Gasteiger partial charge in [0.2, 0.25) is 10.0 Å². The Kier molecular flexibility index (Phi) is 5.33. The molecule has 2 aromatic rings. The molecule has 0 amide bonds. The second-order valence-electron chi connectivity index (χ2n) is 5.12. The minimum Gasteiger partial charge on any atom is -0.464 e. The Morgan fingerprint density at radius 1 is 1.08 bits per heavy atom. The molecule has 24 heavy (non-hydrogen) atoms. The first-order valence-corrected chi connectivity index (χ1v) is 8.79. The Morgan fingerprint density at radius 2 is 1.62 bits per heavy atom. The van der Waals surface area contributed by atoms with Crippen LogP contribution in [0.3, 0.4) is 0 Å². The molecule has 1 N–H and O–H groups in total. The van der Waals surface area contributed by atoms with Crippen molar-refractivity contribution >= 4 is 15.7 Å². The first-order chi connectivity index (χ1) is 11.2. The lowest BCUT2D eigenvalue weighted by Crippen LogP contribution is -2.18. The predicted octanol–water partition coefficient (Wildman–Crippen LogP) is 2.71. The van der Waals surface area contributed by atoms with Crippen LogP contribution < -0.4 is 9.46 Å². The zero-order valence-electron chi connectivity index (χ0n) is 13.4. The molecule has 0 bridgehead atoms. The molecule has 0 unspecified atom stereocenters. The molecule has 0 saturated carbocycles. The average molecular weight is 357 g/mol. The van der Waals surface area contributed by atoms with E-state index < -0.39 is 27.4 Å². The van der Waals surface area contributed by atoms with Crippen molar-refractivity contribution in [3.63, 3.8) is 0 Å². The minimum atomic E-state index is -3.90. The topological polar surface area (TPSA) is 81.2 Å². The second-order valence-corrected chi connectivity index (χ2v) is 6.85. The van der Waals surface area contributed by atoms with Crippen LogP contribution in [0.5, 0.6) is 6.01 Å². The number of halogens is 2. The molecule has 6 nitrogen and oxygen atoms in total. The van der Waals surface area contributed by atoms with Crippen molar-refractivity contribution in [2.75, 3.05) is 11.3 Å². The molecule has 0 fully saturated rings. The number of nitrogens with one attached hydrogen (secondary N) is 1. The molecular weight excluding hydrogens is 340 g/mol. The Bertz CT molecular complexity index is 814. The molecule has 0 saturated heterocycles. The van der Waals surface area contributed by atoms with E-state index in [2.05, 4.69) is 14.7 Å². The predicted molar refractivity (Wildman–Crippen MR) is 85.3 cm³/mol. The first kappa shape index (κ1) is 18.1. The number of hydrogen-bond acceptors (Lipinski definition) is 5. The van der Waals surface area contributed by atoms with E-state index in [4.69, 9.17) is 4.74 Å². The van der Waals surface area contributed by atoms with Crippen molar-refractivity contribution in [1.29, 1.82) is 0 Å². The number of aromatic nitrogens is 2. The van der Waals surface area contributed by atoms with Gasteiger partial charge in [-0.1, -0.05) is 0 Å². The molecule has 0 spiro atoms. The third kappa shape index (κ3) is 4.60. The van der Waals surface area contributed by atoms with Crippen molar-refractivity contribution in [3.05, 3.63) is 46.8 Å². The molecule has 0 atom stereocenters. The molecule has 9 heteroatoms. The van der Waals surface area contributed by atoms with Gasteiger partial charge in [0, 0.05) is 6.07 Å². The van der Waals surface area contributed by atoms with E-state index in [1.807, 2.05) is 0 Å². The van der Waals surface area contributed by atoms with E-state index in [1.54, 1.807) is 20.8 Å². The highest BCUT2D eigenvalue weighted by Crippen LogP contribution is 2.22. The van der Waals surface area contributed by atoms with Crippen molar-refractivity contribution < 1.29 is 21.9 Å². The van der Waals surface area contributed by atoms with Crippen LogP contribution in [-0.2, 0) is 15.8 Å². The smallest absolute Gasteiger partial charge is 0.316 e. The van der Waals surface area contributed by atoms with Gasteiger partial charge in [0.05, 0.1) is 29.4 Å². The maximum atomic E-state index is 13.2. The van der Waals surface area contributed by atoms with Gasteiger partial charge >= 0.3 is 6.01 Å². The third-order valence-corrected chi connectivity index (χ3v) is 4.29. The number of rotatable bonds is 6. The molecule has 2 rings (SSSR count). The normalized spacial score (nSPS) is 11.4. The van der Waals surface area contributed by atoms with Crippen molar-refractivity contribution in [2.45, 2.75) is 26.5 Å². The first-order valence-electron chi connectivity index (χ1n) is 7.13. The minimum absolute atomic E-state index is 0.00200. The van der Waals surface area contributed by atoms with Gasteiger partial charge < -0.3 is 4.74 Å². The summed E-state index contributed by atoms with van der Waals surface area (Å²) in [7, 11) is -3.90. The van der Waals surface area contributed by atoms with Gasteiger partial charge in [0.15, 0.2) is 0 Å². The van der Waals surface area contributed by atoms with E-state index >= 15 is 0 Å². The lowest BCUT2D eigenvalue weighted by atomic mass is 10.2. The highest BCUT2D eigenvalue weighted by Gasteiger charge is 2.18. The number of aryl methyl sites for hydroxylation is 2. The van der Waals surface area contributed by atoms with Gasteiger partial charge in [-0.05, 0) is 38.5 Å². The summed E-state index contributed by atoms with van der Waals surface area (Å²) < 4.78 is 58.5. The maximum Gasteiger partial charge on any atom is 0.316 e. The summed E-state index contributed by atoms with van der Waals surface area (Å²) in [6.45, 7) is 5.38. The van der Waals surface area contributed by atoms with Gasteiger partial charge in [0.1, 0.15) is 11.6 Å². The molecule has 130 valence electrons. The fraction of sp³-hybridized carbons (Fsp3) is 0.333. The van der Waals surface area contributed by atoms with Crippen molar-refractivity contribution in [3.8, 4) is 6.01 Å².